The van der Waals surface area contributed by atoms with Crippen molar-refractivity contribution in [2.24, 2.45) is 0 Å². The summed E-state index contributed by atoms with van der Waals surface area (Å²) in [6, 6.07) is 32.8. The van der Waals surface area contributed by atoms with Gasteiger partial charge in [0.15, 0.2) is 0 Å². The van der Waals surface area contributed by atoms with Crippen LogP contribution in [0.5, 0.6) is 0 Å². The number of benzene rings is 3. The van der Waals surface area contributed by atoms with Crippen molar-refractivity contribution in [3.63, 3.8) is 0 Å². The Balaban J connectivity index is 1.85. The molecule has 0 radical (unpaired) electrons. The fourth-order valence-corrected chi connectivity index (χ4v) is 15.0. The van der Waals surface area contributed by atoms with Crippen LogP contribution in [0.4, 0.5) is 0 Å². The third-order valence-corrected chi connectivity index (χ3v) is 15.0. The molecular weight excluding hydrogens is 405 g/mol. The molecule has 0 heterocycles. The first-order valence-corrected chi connectivity index (χ1v) is 17.4. The van der Waals surface area contributed by atoms with Gasteiger partial charge in [-0.1, -0.05) is 0 Å². The molecule has 0 saturated carbocycles. The quantitative estimate of drug-likeness (QED) is 0.446. The van der Waals surface area contributed by atoms with Crippen LogP contribution < -0.4 is 0 Å². The molecule has 0 unspecified atom stereocenters. The number of hydrogen-bond donors (Lipinski definition) is 0. The van der Waals surface area contributed by atoms with Gasteiger partial charge < -0.3 is 0 Å². The van der Waals surface area contributed by atoms with Gasteiger partial charge in [-0.15, -0.1) is 0 Å². The summed E-state index contributed by atoms with van der Waals surface area (Å²) < 4.78 is 0. The molecule has 0 bridgehead atoms. The van der Waals surface area contributed by atoms with Crippen LogP contribution in [-0.2, 0) is 15.8 Å². The van der Waals surface area contributed by atoms with Crippen LogP contribution in [0.25, 0.3) is 0 Å². The third kappa shape index (κ3) is 5.08. The molecule has 0 aliphatic heterocycles. The van der Waals surface area contributed by atoms with Crippen molar-refractivity contribution in [2.75, 3.05) is 0 Å². The van der Waals surface area contributed by atoms with Crippen LogP contribution in [0.2, 0.25) is 0 Å². The summed E-state index contributed by atoms with van der Waals surface area (Å²) in [5.74, 6) is 0. The van der Waals surface area contributed by atoms with Crippen molar-refractivity contribution in [3.05, 3.63) is 108 Å². The SMILES string of the molecule is [Br][Ge]([CH2]c1ccccc1)([CH2]c1ccccc1)[CH2]c1ccccc1. The van der Waals surface area contributed by atoms with Crippen molar-refractivity contribution < 1.29 is 0 Å². The topological polar surface area (TPSA) is 0 Å². The predicted octanol–water partition coefficient (Wildman–Crippen LogP) is 5.67. The van der Waals surface area contributed by atoms with E-state index in [4.69, 9.17) is 0 Å². The van der Waals surface area contributed by atoms with Gasteiger partial charge >= 0.3 is 149 Å². The van der Waals surface area contributed by atoms with Gasteiger partial charge in [0.2, 0.25) is 0 Å². The number of rotatable bonds is 6. The fourth-order valence-electron chi connectivity index (χ4n) is 3.07. The summed E-state index contributed by atoms with van der Waals surface area (Å²) in [5.41, 5.74) is 4.36. The van der Waals surface area contributed by atoms with Crippen molar-refractivity contribution in [1.29, 1.82) is 0 Å². The first-order chi connectivity index (χ1) is 11.2. The van der Waals surface area contributed by atoms with E-state index in [0.29, 0.717) is 0 Å². The summed E-state index contributed by atoms with van der Waals surface area (Å²) in [4.78, 5) is 0. The number of halogens is 1. The Morgan fingerprint density at radius 2 is 0.739 bits per heavy atom. The summed E-state index contributed by atoms with van der Waals surface area (Å²) in [7, 11) is 0. The van der Waals surface area contributed by atoms with Crippen molar-refractivity contribution in [1.82, 2.24) is 0 Å². The van der Waals surface area contributed by atoms with Gasteiger partial charge in [0.1, 0.15) is 0 Å². The Bertz CT molecular complexity index is 609. The van der Waals surface area contributed by atoms with Crippen LogP contribution in [0.3, 0.4) is 0 Å². The van der Waals surface area contributed by atoms with E-state index in [9.17, 15) is 0 Å². The second-order valence-corrected chi connectivity index (χ2v) is 21.9. The minimum absolute atomic E-state index is 1.20. The summed E-state index contributed by atoms with van der Waals surface area (Å²) in [6.07, 6.45) is 0. The molecule has 0 aromatic heterocycles. The van der Waals surface area contributed by atoms with Crippen LogP contribution in [0.15, 0.2) is 91.0 Å². The van der Waals surface area contributed by atoms with E-state index < -0.39 is 11.4 Å². The molecule has 0 aliphatic rings. The van der Waals surface area contributed by atoms with E-state index in [1.54, 1.807) is 0 Å². The van der Waals surface area contributed by atoms with Crippen molar-refractivity contribution in [2.45, 2.75) is 15.8 Å². The van der Waals surface area contributed by atoms with Gasteiger partial charge in [-0.3, -0.25) is 0 Å². The Morgan fingerprint density at radius 3 is 1.00 bits per heavy atom. The van der Waals surface area contributed by atoms with Crippen LogP contribution in [0, 0.1) is 0 Å². The zero-order chi connectivity index (χ0) is 16.0. The maximum absolute atomic E-state index is 4.28. The summed E-state index contributed by atoms with van der Waals surface area (Å²) in [6.45, 7) is 0. The average Bonchev–Trinajstić information content (AvgIpc) is 2.57. The van der Waals surface area contributed by atoms with Crippen molar-refractivity contribution in [3.8, 4) is 0 Å². The van der Waals surface area contributed by atoms with Gasteiger partial charge in [0.05, 0.1) is 0 Å². The maximum atomic E-state index is 4.28. The molecule has 0 atom stereocenters. The predicted molar refractivity (Wildman–Crippen MR) is 105 cm³/mol. The monoisotopic (exact) mass is 426 g/mol. The van der Waals surface area contributed by atoms with E-state index in [1.807, 2.05) is 0 Å². The van der Waals surface area contributed by atoms with E-state index >= 15 is 0 Å². The molecule has 0 aliphatic carbocycles. The molecule has 3 rings (SSSR count). The fraction of sp³-hybridized carbons (Fsp3) is 0.143. The zero-order valence-corrected chi connectivity index (χ0v) is 16.8. The average molecular weight is 426 g/mol. The molecule has 116 valence electrons. The summed E-state index contributed by atoms with van der Waals surface area (Å²) in [5, 5.41) is 3.60. The van der Waals surface area contributed by atoms with Gasteiger partial charge in [0, 0.05) is 0 Å². The van der Waals surface area contributed by atoms with E-state index in [1.165, 1.54) is 32.5 Å². The first kappa shape index (κ1) is 16.5. The molecule has 0 saturated heterocycles. The normalized spacial score (nSPS) is 11.3. The van der Waals surface area contributed by atoms with Gasteiger partial charge in [-0.05, 0) is 0 Å². The Labute approximate surface area is 148 Å². The minimum atomic E-state index is -2.25. The van der Waals surface area contributed by atoms with Crippen LogP contribution >= 0.6 is 14.0 Å². The molecule has 3 aromatic rings. The van der Waals surface area contributed by atoms with Crippen LogP contribution in [0.1, 0.15) is 16.7 Å². The molecule has 0 N–H and O–H groups in total. The standard InChI is InChI=1S/C21H21BrGe/c22-23(16-19-10-4-1-5-11-19,17-20-12-6-2-7-13-20)18-21-14-8-3-9-15-21/h1-15H,16-18H2. The van der Waals surface area contributed by atoms with Gasteiger partial charge in [-0.25, -0.2) is 0 Å². The second-order valence-electron chi connectivity index (χ2n) is 6.14. The molecule has 0 spiro atoms. The van der Waals surface area contributed by atoms with E-state index in [2.05, 4.69) is 105 Å². The summed E-state index contributed by atoms with van der Waals surface area (Å²) >= 11 is 2.03. The first-order valence-electron chi connectivity index (χ1n) is 8.04. The van der Waals surface area contributed by atoms with E-state index in [0.717, 1.165) is 0 Å². The number of hydrogen-bond acceptors (Lipinski definition) is 0. The van der Waals surface area contributed by atoms with Crippen LogP contribution in [-0.4, -0.2) is 11.4 Å². The molecule has 0 fully saturated rings. The molecule has 23 heavy (non-hydrogen) atoms. The second kappa shape index (κ2) is 7.98. The van der Waals surface area contributed by atoms with E-state index in [-0.39, 0.29) is 0 Å². The molecule has 2 heteroatoms. The Morgan fingerprint density at radius 1 is 0.478 bits per heavy atom. The molecule has 0 amide bonds. The molecular formula is C21H21BrGe. The zero-order valence-electron chi connectivity index (χ0n) is 13.2. The molecule has 0 nitrogen and oxygen atoms in total. The Hall–Kier alpha value is -1.32. The van der Waals surface area contributed by atoms with Crippen molar-refractivity contribution >= 4 is 25.4 Å². The van der Waals surface area contributed by atoms with Gasteiger partial charge in [-0.2, -0.15) is 0 Å². The van der Waals surface area contributed by atoms with Gasteiger partial charge in [0.25, 0.3) is 0 Å². The molecule has 3 aromatic carbocycles. The Kier molecular flexibility index (Phi) is 5.74. The third-order valence-electron chi connectivity index (χ3n) is 4.09.